The summed E-state index contributed by atoms with van der Waals surface area (Å²) in [5, 5.41) is 0. The molecular formula is C20H25N3O2. The molecule has 0 saturated carbocycles. The molecule has 5 nitrogen and oxygen atoms in total. The van der Waals surface area contributed by atoms with Crippen molar-refractivity contribution in [3.63, 3.8) is 0 Å². The number of ketones is 1. The molecule has 132 valence electrons. The second kappa shape index (κ2) is 7.66. The van der Waals surface area contributed by atoms with Crippen LogP contribution in [0.3, 0.4) is 0 Å². The Kier molecular flexibility index (Phi) is 5.34. The first-order valence-electron chi connectivity index (χ1n) is 8.77. The van der Waals surface area contributed by atoms with E-state index in [1.807, 2.05) is 18.0 Å². The van der Waals surface area contributed by atoms with Gasteiger partial charge in [0.15, 0.2) is 5.78 Å². The van der Waals surface area contributed by atoms with E-state index in [1.165, 1.54) is 12.5 Å². The number of likely N-dealkylation sites (tertiary alicyclic amines) is 1. The molecule has 1 N–H and O–H groups in total. The Balaban J connectivity index is 1.54. The smallest absolute Gasteiger partial charge is 0.270 e. The molecule has 2 aromatic rings. The number of hydrogen-bond acceptors (Lipinski definition) is 3. The summed E-state index contributed by atoms with van der Waals surface area (Å²) in [6.07, 6.45) is 3.54. The highest BCUT2D eigenvalue weighted by Gasteiger charge is 2.26. The summed E-state index contributed by atoms with van der Waals surface area (Å²) in [6.45, 7) is 4.44. The molecule has 0 aliphatic carbocycles. The van der Waals surface area contributed by atoms with E-state index < -0.39 is 0 Å². The Bertz CT molecular complexity index is 730. The number of rotatable bonds is 5. The van der Waals surface area contributed by atoms with Crippen LogP contribution in [0.4, 0.5) is 0 Å². The van der Waals surface area contributed by atoms with Crippen molar-refractivity contribution in [3.8, 4) is 0 Å². The van der Waals surface area contributed by atoms with Gasteiger partial charge in [-0.3, -0.25) is 14.5 Å². The van der Waals surface area contributed by atoms with Crippen LogP contribution < -0.4 is 0 Å². The minimum absolute atomic E-state index is 0.0350. The topological polar surface area (TPSA) is 56.4 Å². The number of Topliss-reactive ketones (excluding diaryl/α,β-unsaturated/α-hetero) is 1. The normalized spacial score (nSPS) is 15.9. The third-order valence-electron chi connectivity index (χ3n) is 4.99. The zero-order valence-corrected chi connectivity index (χ0v) is 14.9. The fourth-order valence-corrected chi connectivity index (χ4v) is 3.38. The fraction of sp³-hybridized carbons (Fsp3) is 0.400. The van der Waals surface area contributed by atoms with Crippen LogP contribution in [0.15, 0.2) is 42.6 Å². The lowest BCUT2D eigenvalue weighted by Crippen LogP contribution is -2.45. The van der Waals surface area contributed by atoms with Gasteiger partial charge in [0.2, 0.25) is 0 Å². The van der Waals surface area contributed by atoms with E-state index >= 15 is 0 Å². The molecule has 1 amide bonds. The lowest BCUT2D eigenvalue weighted by molar-refractivity contribution is 0.0631. The number of nitrogens with one attached hydrogen (secondary N) is 1. The van der Waals surface area contributed by atoms with Crippen LogP contribution >= 0.6 is 0 Å². The monoisotopic (exact) mass is 339 g/mol. The van der Waals surface area contributed by atoms with E-state index in [0.29, 0.717) is 11.3 Å². The number of piperidine rings is 1. The van der Waals surface area contributed by atoms with Gasteiger partial charge < -0.3 is 9.88 Å². The molecular weight excluding hydrogens is 314 g/mol. The Morgan fingerprint density at radius 1 is 1.20 bits per heavy atom. The summed E-state index contributed by atoms with van der Waals surface area (Å²) in [7, 11) is 1.86. The summed E-state index contributed by atoms with van der Waals surface area (Å²) in [6, 6.07) is 12.4. The number of H-pyrrole nitrogens is 1. The van der Waals surface area contributed by atoms with Crippen molar-refractivity contribution < 1.29 is 9.59 Å². The standard InChI is InChI=1S/C20H25N3O2/c1-15(24)17-12-19(21-13-17)20(25)22(2)18-8-10-23(11-9-18)14-16-6-4-3-5-7-16/h3-7,12-13,18,21H,8-11,14H2,1-2H3. The van der Waals surface area contributed by atoms with Crippen LogP contribution in [0.1, 0.15) is 46.2 Å². The maximum Gasteiger partial charge on any atom is 0.270 e. The van der Waals surface area contributed by atoms with Crippen LogP contribution in [0, 0.1) is 0 Å². The molecule has 1 aliphatic rings. The molecule has 5 heteroatoms. The zero-order valence-electron chi connectivity index (χ0n) is 14.9. The Labute approximate surface area is 148 Å². The van der Waals surface area contributed by atoms with Gasteiger partial charge in [0.05, 0.1) is 0 Å². The van der Waals surface area contributed by atoms with Gasteiger partial charge in [0, 0.05) is 44.5 Å². The van der Waals surface area contributed by atoms with E-state index in [9.17, 15) is 9.59 Å². The van der Waals surface area contributed by atoms with Crippen LogP contribution in [0.2, 0.25) is 0 Å². The highest BCUT2D eigenvalue weighted by atomic mass is 16.2. The minimum atomic E-state index is -0.0472. The molecule has 1 aromatic carbocycles. The number of amides is 1. The van der Waals surface area contributed by atoms with Crippen LogP contribution in [0.25, 0.3) is 0 Å². The molecule has 2 heterocycles. The van der Waals surface area contributed by atoms with E-state index in [-0.39, 0.29) is 17.7 Å². The summed E-state index contributed by atoms with van der Waals surface area (Å²) >= 11 is 0. The van der Waals surface area contributed by atoms with Gasteiger partial charge in [-0.25, -0.2) is 0 Å². The van der Waals surface area contributed by atoms with Gasteiger partial charge in [-0.05, 0) is 31.4 Å². The van der Waals surface area contributed by atoms with Gasteiger partial charge in [-0.15, -0.1) is 0 Å². The molecule has 0 bridgehead atoms. The van der Waals surface area contributed by atoms with E-state index in [1.54, 1.807) is 12.3 Å². The summed E-state index contributed by atoms with van der Waals surface area (Å²) in [5.74, 6) is -0.0822. The highest BCUT2D eigenvalue weighted by Crippen LogP contribution is 2.19. The van der Waals surface area contributed by atoms with Crippen molar-refractivity contribution in [2.24, 2.45) is 0 Å². The number of hydrogen-bond donors (Lipinski definition) is 1. The van der Waals surface area contributed by atoms with Crippen LogP contribution in [-0.2, 0) is 6.54 Å². The van der Waals surface area contributed by atoms with Crippen molar-refractivity contribution in [1.82, 2.24) is 14.8 Å². The molecule has 3 rings (SSSR count). The van der Waals surface area contributed by atoms with Crippen molar-refractivity contribution in [3.05, 3.63) is 59.4 Å². The first-order valence-corrected chi connectivity index (χ1v) is 8.77. The number of benzene rings is 1. The Morgan fingerprint density at radius 2 is 1.88 bits per heavy atom. The third-order valence-corrected chi connectivity index (χ3v) is 4.99. The number of aromatic nitrogens is 1. The predicted octanol–water partition coefficient (Wildman–Crippen LogP) is 2.95. The Morgan fingerprint density at radius 3 is 2.48 bits per heavy atom. The quantitative estimate of drug-likeness (QED) is 0.852. The molecule has 1 saturated heterocycles. The first-order chi connectivity index (χ1) is 12.0. The van der Waals surface area contributed by atoms with E-state index in [0.717, 1.165) is 32.5 Å². The largest absolute Gasteiger partial charge is 0.356 e. The molecule has 0 atom stereocenters. The SMILES string of the molecule is CC(=O)c1c[nH]c(C(=O)N(C)C2CCN(Cc3ccccc3)CC2)c1. The summed E-state index contributed by atoms with van der Waals surface area (Å²) in [4.78, 5) is 31.2. The average molecular weight is 339 g/mol. The third kappa shape index (κ3) is 4.17. The van der Waals surface area contributed by atoms with Crippen molar-refractivity contribution in [2.45, 2.75) is 32.4 Å². The number of carbonyl (C=O) groups excluding carboxylic acids is 2. The van der Waals surface area contributed by atoms with Gasteiger partial charge in [0.25, 0.3) is 5.91 Å². The minimum Gasteiger partial charge on any atom is -0.356 e. The second-order valence-electron chi connectivity index (χ2n) is 6.77. The van der Waals surface area contributed by atoms with Crippen LogP contribution in [0.5, 0.6) is 0 Å². The van der Waals surface area contributed by atoms with E-state index in [4.69, 9.17) is 0 Å². The van der Waals surface area contributed by atoms with Crippen molar-refractivity contribution >= 4 is 11.7 Å². The van der Waals surface area contributed by atoms with Crippen molar-refractivity contribution in [1.29, 1.82) is 0 Å². The van der Waals surface area contributed by atoms with Gasteiger partial charge in [0.1, 0.15) is 5.69 Å². The molecule has 0 spiro atoms. The first kappa shape index (κ1) is 17.4. The molecule has 1 fully saturated rings. The average Bonchev–Trinajstić information content (AvgIpc) is 3.12. The number of nitrogens with zero attached hydrogens (tertiary/aromatic N) is 2. The number of aromatic amines is 1. The van der Waals surface area contributed by atoms with Gasteiger partial charge in [-0.1, -0.05) is 30.3 Å². The molecule has 1 aromatic heterocycles. The summed E-state index contributed by atoms with van der Waals surface area (Å²) in [5.41, 5.74) is 2.36. The molecule has 1 aliphatic heterocycles. The molecule has 0 unspecified atom stereocenters. The predicted molar refractivity (Wildman–Crippen MR) is 97.6 cm³/mol. The molecule has 0 radical (unpaired) electrons. The van der Waals surface area contributed by atoms with Crippen LogP contribution in [-0.4, -0.2) is 52.7 Å². The van der Waals surface area contributed by atoms with Crippen molar-refractivity contribution in [2.75, 3.05) is 20.1 Å². The Hall–Kier alpha value is -2.40. The van der Waals surface area contributed by atoms with E-state index in [2.05, 4.69) is 34.1 Å². The van der Waals surface area contributed by atoms with Gasteiger partial charge in [-0.2, -0.15) is 0 Å². The highest BCUT2D eigenvalue weighted by molar-refractivity contribution is 5.99. The zero-order chi connectivity index (χ0) is 17.8. The fourth-order valence-electron chi connectivity index (χ4n) is 3.38. The maximum absolute atomic E-state index is 12.6. The number of carbonyl (C=O) groups is 2. The maximum atomic E-state index is 12.6. The molecule has 25 heavy (non-hydrogen) atoms. The lowest BCUT2D eigenvalue weighted by Gasteiger charge is -2.36. The van der Waals surface area contributed by atoms with Gasteiger partial charge >= 0.3 is 0 Å². The summed E-state index contributed by atoms with van der Waals surface area (Å²) < 4.78 is 0. The second-order valence-corrected chi connectivity index (χ2v) is 6.77. The lowest BCUT2D eigenvalue weighted by atomic mass is 10.0.